The van der Waals surface area contributed by atoms with Gasteiger partial charge >= 0.3 is 12.0 Å². The number of aliphatic hydroxyl groups excluding tert-OH is 1. The summed E-state index contributed by atoms with van der Waals surface area (Å²) in [5.41, 5.74) is 0.671. The van der Waals surface area contributed by atoms with Gasteiger partial charge in [0.1, 0.15) is 11.9 Å². The van der Waals surface area contributed by atoms with Gasteiger partial charge in [-0.15, -0.1) is 11.3 Å². The van der Waals surface area contributed by atoms with Crippen LogP contribution in [0.5, 0.6) is 0 Å². The molecule has 0 aliphatic carbocycles. The molecule has 4 heterocycles. The molecule has 3 atom stereocenters. The van der Waals surface area contributed by atoms with Crippen molar-refractivity contribution in [3.8, 4) is 0 Å². The van der Waals surface area contributed by atoms with Crippen molar-refractivity contribution in [3.63, 3.8) is 0 Å². The molecule has 5 rings (SSSR count). The van der Waals surface area contributed by atoms with E-state index in [0.29, 0.717) is 41.7 Å². The van der Waals surface area contributed by atoms with E-state index in [1.807, 2.05) is 36.0 Å². The number of aliphatic hydroxyl groups is 1. The number of amidine groups is 1. The first-order valence-corrected chi connectivity index (χ1v) is 14.8. The molecule has 3 aliphatic rings. The first-order valence-electron chi connectivity index (χ1n) is 13.6. The largest absolute Gasteiger partial charge is 0.463 e. The molecule has 41 heavy (non-hydrogen) atoms. The molecule has 10 nitrogen and oxygen atoms in total. The third-order valence-corrected chi connectivity index (χ3v) is 8.86. The van der Waals surface area contributed by atoms with Crippen LogP contribution in [0.1, 0.15) is 44.3 Å². The molecule has 0 spiro atoms. The molecule has 0 bridgehead atoms. The number of rotatable bonds is 7. The monoisotopic (exact) mass is 604 g/mol. The Balaban J connectivity index is 1.56. The molecule has 2 fully saturated rings. The molecular weight excluding hydrogens is 571 g/mol. The third-order valence-electron chi connectivity index (χ3n) is 7.68. The van der Waals surface area contributed by atoms with E-state index >= 15 is 0 Å². The number of fused-ring (bicyclic) bond motifs is 1. The van der Waals surface area contributed by atoms with E-state index in [4.69, 9.17) is 21.3 Å². The van der Waals surface area contributed by atoms with E-state index in [-0.39, 0.29) is 54.0 Å². The van der Waals surface area contributed by atoms with Crippen LogP contribution in [0.4, 0.5) is 9.18 Å². The minimum Gasteiger partial charge on any atom is -0.463 e. The summed E-state index contributed by atoms with van der Waals surface area (Å²) in [6, 6.07) is 2.82. The molecule has 220 valence electrons. The van der Waals surface area contributed by atoms with Crippen LogP contribution in [-0.4, -0.2) is 99.6 Å². The maximum Gasteiger partial charge on any atom is 0.338 e. The quantitative estimate of drug-likeness (QED) is 0.466. The fourth-order valence-electron chi connectivity index (χ4n) is 5.67. The summed E-state index contributed by atoms with van der Waals surface area (Å²) in [7, 11) is 0. The van der Waals surface area contributed by atoms with Gasteiger partial charge in [-0.25, -0.2) is 19.0 Å². The Morgan fingerprint density at radius 1 is 1.32 bits per heavy atom. The highest BCUT2D eigenvalue weighted by Crippen LogP contribution is 2.38. The number of hydrogen-bond donors (Lipinski definition) is 2. The second-order valence-electron chi connectivity index (χ2n) is 11.1. The van der Waals surface area contributed by atoms with Crippen molar-refractivity contribution in [2.75, 3.05) is 39.4 Å². The molecule has 2 saturated heterocycles. The van der Waals surface area contributed by atoms with Gasteiger partial charge in [0.05, 0.1) is 35.9 Å². The smallest absolute Gasteiger partial charge is 0.338 e. The highest BCUT2D eigenvalue weighted by Gasteiger charge is 2.49. The van der Waals surface area contributed by atoms with Gasteiger partial charge in [-0.3, -0.25) is 9.89 Å². The highest BCUT2D eigenvalue weighted by atomic mass is 35.5. The summed E-state index contributed by atoms with van der Waals surface area (Å²) < 4.78 is 20.1. The third kappa shape index (κ3) is 5.57. The molecule has 1 aromatic carbocycles. The normalized spacial score (nSPS) is 23.4. The van der Waals surface area contributed by atoms with Crippen LogP contribution in [0.3, 0.4) is 0 Å². The van der Waals surface area contributed by atoms with Crippen molar-refractivity contribution < 1.29 is 23.8 Å². The van der Waals surface area contributed by atoms with Crippen molar-refractivity contribution in [1.82, 2.24) is 25.0 Å². The van der Waals surface area contributed by atoms with Gasteiger partial charge in [0, 0.05) is 54.6 Å². The molecule has 2 amide bonds. The molecule has 0 saturated carbocycles. The number of halogens is 2. The zero-order valence-corrected chi connectivity index (χ0v) is 25.0. The summed E-state index contributed by atoms with van der Waals surface area (Å²) in [6.07, 6.45) is 1.65. The Morgan fingerprint density at radius 2 is 2.10 bits per heavy atom. The lowest BCUT2D eigenvalue weighted by Gasteiger charge is -2.43. The number of amides is 2. The molecule has 0 radical (unpaired) electrons. The summed E-state index contributed by atoms with van der Waals surface area (Å²) in [6.45, 7) is 9.30. The van der Waals surface area contributed by atoms with Crippen molar-refractivity contribution in [3.05, 3.63) is 62.5 Å². The molecule has 1 aromatic heterocycles. The Labute approximate surface area is 247 Å². The number of nitrogens with one attached hydrogen (secondary N) is 1. The number of nitrogens with zero attached hydrogens (tertiary/aromatic N) is 5. The van der Waals surface area contributed by atoms with Crippen molar-refractivity contribution in [2.45, 2.75) is 51.4 Å². The summed E-state index contributed by atoms with van der Waals surface area (Å²) >= 11 is 7.79. The van der Waals surface area contributed by atoms with Crippen LogP contribution in [0.15, 0.2) is 46.0 Å². The predicted octanol–water partition coefficient (Wildman–Crippen LogP) is 3.43. The molecule has 13 heteroatoms. The lowest BCUT2D eigenvalue weighted by atomic mass is 9.94. The lowest BCUT2D eigenvalue weighted by Crippen LogP contribution is -2.61. The zero-order chi connectivity index (χ0) is 29.5. The van der Waals surface area contributed by atoms with Gasteiger partial charge in [-0.2, -0.15) is 0 Å². The van der Waals surface area contributed by atoms with Crippen LogP contribution < -0.4 is 5.32 Å². The number of urea groups is 1. The molecule has 3 aliphatic heterocycles. The molecule has 2 aromatic rings. The summed E-state index contributed by atoms with van der Waals surface area (Å²) in [5, 5.41) is 16.1. The Morgan fingerprint density at radius 3 is 2.76 bits per heavy atom. The number of carbonyl (C=O) groups excluding carboxylic acids is 2. The summed E-state index contributed by atoms with van der Waals surface area (Å²) in [5.74, 6) is -0.803. The van der Waals surface area contributed by atoms with Crippen LogP contribution in [-0.2, 0) is 9.53 Å². The number of hydrogen-bond acceptors (Lipinski definition) is 9. The number of aliphatic imine (C=N–C) groups is 1. The van der Waals surface area contributed by atoms with Gasteiger partial charge in [-0.1, -0.05) is 23.7 Å². The first kappa shape index (κ1) is 29.4. The second-order valence-corrected chi connectivity index (χ2v) is 12.4. The van der Waals surface area contributed by atoms with Crippen molar-refractivity contribution in [1.29, 1.82) is 0 Å². The minimum absolute atomic E-state index is 0.0400. The average molecular weight is 605 g/mol. The van der Waals surface area contributed by atoms with Crippen molar-refractivity contribution >= 4 is 40.8 Å². The number of aromatic nitrogens is 1. The number of piperazine rings is 1. The van der Waals surface area contributed by atoms with Gasteiger partial charge < -0.3 is 25.0 Å². The maximum atomic E-state index is 14.6. The van der Waals surface area contributed by atoms with Gasteiger partial charge in [0.2, 0.25) is 0 Å². The fourth-order valence-corrected chi connectivity index (χ4v) is 6.49. The van der Waals surface area contributed by atoms with Crippen LogP contribution in [0.2, 0.25) is 5.02 Å². The van der Waals surface area contributed by atoms with Crippen LogP contribution in [0, 0.1) is 5.82 Å². The fraction of sp³-hybridized carbons (Fsp3) is 0.500. The Hall–Kier alpha value is -3.06. The number of benzene rings is 1. The van der Waals surface area contributed by atoms with E-state index < -0.39 is 17.8 Å². The van der Waals surface area contributed by atoms with Gasteiger partial charge in [0.25, 0.3) is 0 Å². The lowest BCUT2D eigenvalue weighted by molar-refractivity contribution is -0.139. The first-order chi connectivity index (χ1) is 19.5. The SMILES string of the molecule is CCOC(=O)C1=C(CN2CCN3C(=O)N(C(C)(C)C)C[C@@H]3[C@H]2CO)NC(c2nccs2)=N[C@H]1c1cccc(F)c1Cl. The number of esters is 1. The van der Waals surface area contributed by atoms with Gasteiger partial charge in [0.15, 0.2) is 10.8 Å². The van der Waals surface area contributed by atoms with Crippen LogP contribution >= 0.6 is 22.9 Å². The zero-order valence-electron chi connectivity index (χ0n) is 23.4. The average Bonchev–Trinajstić information content (AvgIpc) is 3.58. The standard InChI is InChI=1S/C28H34ClFN6O4S/c1-5-40-26(38)21-18(13-34-10-11-35-19(20(34)15-37)14-36(27(35)39)28(2,3)4)32-24(25-31-9-12-41-25)33-23(21)16-7-6-8-17(30)22(16)29/h6-9,12,19-20,23,37H,5,10-11,13-15H2,1-4H3,(H,32,33)/t19-,20-,23+/m1/s1. The van der Waals surface area contributed by atoms with E-state index in [0.717, 1.165) is 0 Å². The number of carbonyl (C=O) groups is 2. The topological polar surface area (TPSA) is 111 Å². The maximum absolute atomic E-state index is 14.6. The molecular formula is C28H34ClFN6O4S. The highest BCUT2D eigenvalue weighted by molar-refractivity contribution is 7.11. The molecule has 2 N–H and O–H groups in total. The van der Waals surface area contributed by atoms with Gasteiger partial charge in [-0.05, 0) is 33.8 Å². The Kier molecular flexibility index (Phi) is 8.38. The summed E-state index contributed by atoms with van der Waals surface area (Å²) in [4.78, 5) is 41.6. The van der Waals surface area contributed by atoms with E-state index in [9.17, 15) is 19.1 Å². The Bertz CT molecular complexity index is 1380. The minimum atomic E-state index is -0.953. The van der Waals surface area contributed by atoms with E-state index in [2.05, 4.69) is 15.2 Å². The second kappa shape index (κ2) is 11.7. The van der Waals surface area contributed by atoms with Crippen molar-refractivity contribution in [2.24, 2.45) is 4.99 Å². The number of ether oxygens (including phenoxy) is 1. The predicted molar refractivity (Wildman–Crippen MR) is 154 cm³/mol. The van der Waals surface area contributed by atoms with E-state index in [1.54, 1.807) is 19.2 Å². The molecule has 0 unspecified atom stereocenters. The van der Waals surface area contributed by atoms with Crippen LogP contribution in [0.25, 0.3) is 0 Å². The number of thiazole rings is 1. The van der Waals surface area contributed by atoms with E-state index in [1.165, 1.54) is 23.5 Å².